The zero-order chi connectivity index (χ0) is 18.5. The highest BCUT2D eigenvalue weighted by atomic mass is 19.4. The second-order valence-electron chi connectivity index (χ2n) is 8.84. The summed E-state index contributed by atoms with van der Waals surface area (Å²) < 4.78 is 39.4. The molecule has 0 radical (unpaired) electrons. The quantitative estimate of drug-likeness (QED) is 0.855. The SMILES string of the molecule is Cc1cc(C(F)(F)F)nn1CCC(=O)NCC12CC3CC(CC(C3)C1)C2. The fourth-order valence-corrected chi connectivity index (χ4v) is 5.96. The monoisotopic (exact) mass is 369 g/mol. The van der Waals surface area contributed by atoms with Gasteiger partial charge < -0.3 is 5.32 Å². The molecule has 1 N–H and O–H groups in total. The topological polar surface area (TPSA) is 46.9 Å². The Bertz CT molecular complexity index is 659. The van der Waals surface area contributed by atoms with E-state index in [0.29, 0.717) is 5.69 Å². The third-order valence-corrected chi connectivity index (χ3v) is 6.65. The number of alkyl halides is 3. The molecular formula is C19H26F3N3O. The summed E-state index contributed by atoms with van der Waals surface area (Å²) in [7, 11) is 0. The predicted octanol–water partition coefficient (Wildman–Crippen LogP) is 3.93. The van der Waals surface area contributed by atoms with Crippen molar-refractivity contribution < 1.29 is 18.0 Å². The van der Waals surface area contributed by atoms with Gasteiger partial charge in [0.25, 0.3) is 0 Å². The fourth-order valence-electron chi connectivity index (χ4n) is 5.96. The molecule has 0 unspecified atom stereocenters. The lowest BCUT2D eigenvalue weighted by Crippen LogP contribution is -2.51. The molecule has 1 heterocycles. The Balaban J connectivity index is 1.29. The van der Waals surface area contributed by atoms with Gasteiger partial charge in [-0.2, -0.15) is 18.3 Å². The fraction of sp³-hybridized carbons (Fsp3) is 0.789. The van der Waals surface area contributed by atoms with Crippen LogP contribution < -0.4 is 5.32 Å². The smallest absolute Gasteiger partial charge is 0.355 e. The molecule has 0 aromatic carbocycles. The van der Waals surface area contributed by atoms with Gasteiger partial charge in [-0.1, -0.05) is 0 Å². The van der Waals surface area contributed by atoms with E-state index in [2.05, 4.69) is 10.4 Å². The molecule has 4 saturated carbocycles. The van der Waals surface area contributed by atoms with Gasteiger partial charge in [0, 0.05) is 25.2 Å². The molecule has 7 heteroatoms. The summed E-state index contributed by atoms with van der Waals surface area (Å²) >= 11 is 0. The molecule has 4 aliphatic carbocycles. The predicted molar refractivity (Wildman–Crippen MR) is 90.2 cm³/mol. The highest BCUT2D eigenvalue weighted by molar-refractivity contribution is 5.75. The van der Waals surface area contributed by atoms with E-state index < -0.39 is 11.9 Å². The summed E-state index contributed by atoms with van der Waals surface area (Å²) in [6, 6.07) is 1.02. The maximum atomic E-state index is 12.7. The number of hydrogen-bond acceptors (Lipinski definition) is 2. The number of aromatic nitrogens is 2. The number of rotatable bonds is 5. The number of nitrogens with one attached hydrogen (secondary N) is 1. The van der Waals surface area contributed by atoms with Crippen LogP contribution in [0.1, 0.15) is 56.3 Å². The molecule has 4 nitrogen and oxygen atoms in total. The lowest BCUT2D eigenvalue weighted by molar-refractivity contribution is -0.141. The van der Waals surface area contributed by atoms with Crippen molar-refractivity contribution in [1.29, 1.82) is 0 Å². The van der Waals surface area contributed by atoms with Crippen LogP contribution >= 0.6 is 0 Å². The zero-order valence-electron chi connectivity index (χ0n) is 15.1. The number of carbonyl (C=O) groups excluding carboxylic acids is 1. The van der Waals surface area contributed by atoms with Gasteiger partial charge in [0.05, 0.1) is 0 Å². The number of carbonyl (C=O) groups is 1. The molecule has 0 spiro atoms. The van der Waals surface area contributed by atoms with Crippen LogP contribution in [0.25, 0.3) is 0 Å². The van der Waals surface area contributed by atoms with Crippen molar-refractivity contribution >= 4 is 5.91 Å². The van der Waals surface area contributed by atoms with Gasteiger partial charge in [0.2, 0.25) is 5.91 Å². The first kappa shape index (κ1) is 17.9. The number of halogens is 3. The van der Waals surface area contributed by atoms with Gasteiger partial charge in [-0.15, -0.1) is 0 Å². The Labute approximate surface area is 151 Å². The van der Waals surface area contributed by atoms with Gasteiger partial charge >= 0.3 is 6.18 Å². The molecule has 26 heavy (non-hydrogen) atoms. The Kier molecular flexibility index (Phi) is 4.31. The molecule has 4 aliphatic rings. The molecule has 0 atom stereocenters. The zero-order valence-corrected chi connectivity index (χ0v) is 15.1. The first-order valence-electron chi connectivity index (χ1n) is 9.61. The molecule has 1 aromatic rings. The first-order chi connectivity index (χ1) is 12.2. The lowest BCUT2D eigenvalue weighted by Gasteiger charge is -2.56. The molecule has 5 rings (SSSR count). The summed E-state index contributed by atoms with van der Waals surface area (Å²) in [6.45, 7) is 2.48. The molecule has 1 amide bonds. The van der Waals surface area contributed by atoms with E-state index in [-0.39, 0.29) is 24.3 Å². The van der Waals surface area contributed by atoms with Crippen LogP contribution in [-0.2, 0) is 17.5 Å². The molecule has 1 aromatic heterocycles. The van der Waals surface area contributed by atoms with Crippen molar-refractivity contribution in [3.63, 3.8) is 0 Å². The van der Waals surface area contributed by atoms with Crippen LogP contribution in [0.2, 0.25) is 0 Å². The third-order valence-electron chi connectivity index (χ3n) is 6.65. The molecule has 4 fully saturated rings. The van der Waals surface area contributed by atoms with Gasteiger partial charge in [0.15, 0.2) is 5.69 Å². The highest BCUT2D eigenvalue weighted by Gasteiger charge is 2.50. The van der Waals surface area contributed by atoms with Crippen molar-refractivity contribution in [2.45, 2.75) is 64.6 Å². The van der Waals surface area contributed by atoms with Gasteiger partial charge in [-0.25, -0.2) is 0 Å². The van der Waals surface area contributed by atoms with Crippen molar-refractivity contribution in [3.05, 3.63) is 17.5 Å². The normalized spacial score (nSPS) is 32.8. The minimum absolute atomic E-state index is 0.0933. The van der Waals surface area contributed by atoms with Gasteiger partial charge in [-0.05, 0) is 74.7 Å². The standard InChI is InChI=1S/C19H26F3N3O/c1-12-4-16(19(20,21)22)24-25(12)3-2-17(26)23-11-18-8-13-5-14(9-18)7-15(6-13)10-18/h4,13-15H,2-3,5-11H2,1H3,(H,23,26). The number of aryl methyl sites for hydroxylation is 2. The van der Waals surface area contributed by atoms with E-state index in [0.717, 1.165) is 30.4 Å². The number of hydrogen-bond donors (Lipinski definition) is 1. The third kappa shape index (κ3) is 3.49. The summed E-state index contributed by atoms with van der Waals surface area (Å²) in [5, 5.41) is 6.64. The van der Waals surface area contributed by atoms with Crippen molar-refractivity contribution in [2.24, 2.45) is 23.2 Å². The second-order valence-corrected chi connectivity index (χ2v) is 8.84. The maximum absolute atomic E-state index is 12.7. The van der Waals surface area contributed by atoms with Crippen LogP contribution in [0.3, 0.4) is 0 Å². The largest absolute Gasteiger partial charge is 0.435 e. The van der Waals surface area contributed by atoms with Gasteiger partial charge in [0.1, 0.15) is 0 Å². The lowest BCUT2D eigenvalue weighted by atomic mass is 9.49. The second kappa shape index (κ2) is 6.27. The molecule has 144 valence electrons. The van der Waals surface area contributed by atoms with Crippen LogP contribution in [0, 0.1) is 30.1 Å². The maximum Gasteiger partial charge on any atom is 0.435 e. The van der Waals surface area contributed by atoms with E-state index >= 15 is 0 Å². The average Bonchev–Trinajstić information content (AvgIpc) is 2.91. The van der Waals surface area contributed by atoms with E-state index in [1.807, 2.05) is 0 Å². The number of nitrogens with zero attached hydrogens (tertiary/aromatic N) is 2. The molecular weight excluding hydrogens is 343 g/mol. The van der Waals surface area contributed by atoms with Crippen molar-refractivity contribution in [2.75, 3.05) is 6.54 Å². The minimum Gasteiger partial charge on any atom is -0.355 e. The Morgan fingerprint density at radius 3 is 2.31 bits per heavy atom. The summed E-state index contributed by atoms with van der Waals surface area (Å²) in [6.07, 6.45) is 3.50. The number of amides is 1. The summed E-state index contributed by atoms with van der Waals surface area (Å²) in [5.41, 5.74) is -0.203. The van der Waals surface area contributed by atoms with Crippen molar-refractivity contribution in [3.8, 4) is 0 Å². The summed E-state index contributed by atoms with van der Waals surface area (Å²) in [5.74, 6) is 2.42. The van der Waals surface area contributed by atoms with E-state index in [1.54, 1.807) is 6.92 Å². The Morgan fingerprint density at radius 1 is 1.23 bits per heavy atom. The highest BCUT2D eigenvalue weighted by Crippen LogP contribution is 2.59. The van der Waals surface area contributed by atoms with E-state index in [9.17, 15) is 18.0 Å². The average molecular weight is 369 g/mol. The van der Waals surface area contributed by atoms with Crippen LogP contribution in [0.5, 0.6) is 0 Å². The first-order valence-corrected chi connectivity index (χ1v) is 9.61. The van der Waals surface area contributed by atoms with Crippen LogP contribution in [0.4, 0.5) is 13.2 Å². The van der Waals surface area contributed by atoms with Crippen molar-refractivity contribution in [1.82, 2.24) is 15.1 Å². The van der Waals surface area contributed by atoms with Gasteiger partial charge in [-0.3, -0.25) is 9.48 Å². The molecule has 0 aliphatic heterocycles. The molecule has 0 saturated heterocycles. The van der Waals surface area contributed by atoms with Crippen LogP contribution in [0.15, 0.2) is 6.07 Å². The Hall–Kier alpha value is -1.53. The van der Waals surface area contributed by atoms with E-state index in [4.69, 9.17) is 0 Å². The Morgan fingerprint density at radius 2 is 1.81 bits per heavy atom. The molecule has 4 bridgehead atoms. The van der Waals surface area contributed by atoms with E-state index in [1.165, 1.54) is 43.2 Å². The van der Waals surface area contributed by atoms with Crippen LogP contribution in [-0.4, -0.2) is 22.2 Å². The summed E-state index contributed by atoms with van der Waals surface area (Å²) in [4.78, 5) is 12.3. The minimum atomic E-state index is -4.45.